The predicted molar refractivity (Wildman–Crippen MR) is 38.5 cm³/mol. The third-order valence-electron chi connectivity index (χ3n) is 1.53. The second-order valence-corrected chi connectivity index (χ2v) is 2.43. The van der Waals surface area contributed by atoms with Gasteiger partial charge in [-0.25, -0.2) is 0 Å². The van der Waals surface area contributed by atoms with Gasteiger partial charge in [0.15, 0.2) is 0 Å². The quantitative estimate of drug-likeness (QED) is 0.339. The van der Waals surface area contributed by atoms with E-state index < -0.39 is 17.1 Å². The maximum absolute atomic E-state index is 10.0. The Morgan fingerprint density at radius 2 is 2.18 bits per heavy atom. The highest BCUT2D eigenvalue weighted by Gasteiger charge is 2.26. The van der Waals surface area contributed by atoms with Crippen molar-refractivity contribution in [3.8, 4) is 0 Å². The Hall–Kier alpha value is -0.680. The minimum atomic E-state index is -1.63. The van der Waals surface area contributed by atoms with Gasteiger partial charge in [-0.15, -0.1) is 0 Å². The molecule has 0 saturated carbocycles. The van der Waals surface area contributed by atoms with Gasteiger partial charge in [0.1, 0.15) is 0 Å². The first-order valence-electron chi connectivity index (χ1n) is 3.55. The summed E-state index contributed by atoms with van der Waals surface area (Å²) in [5.41, 5.74) is 0. The van der Waals surface area contributed by atoms with Crippen molar-refractivity contribution in [1.82, 2.24) is 0 Å². The van der Waals surface area contributed by atoms with Crippen LogP contribution in [0.15, 0.2) is 0 Å². The number of rotatable bonds is 5. The van der Waals surface area contributed by atoms with Crippen LogP contribution in [0, 0.1) is 16.0 Å². The number of nitrogens with zero attached hydrogens (tertiary/aromatic N) is 1. The minimum Gasteiger partial charge on any atom is -0.396 e. The largest absolute Gasteiger partial charge is 0.396 e. The van der Waals surface area contributed by atoms with Crippen molar-refractivity contribution in [2.24, 2.45) is 5.92 Å². The Kier molecular flexibility index (Phi) is 4.72. The van der Waals surface area contributed by atoms with Crippen molar-refractivity contribution in [3.63, 3.8) is 0 Å². The summed E-state index contributed by atoms with van der Waals surface area (Å²) in [5.74, 6) is -0.630. The van der Waals surface area contributed by atoms with Gasteiger partial charge in [-0.3, -0.25) is 10.1 Å². The van der Waals surface area contributed by atoms with Crippen LogP contribution in [-0.4, -0.2) is 28.0 Å². The number of aliphatic hydroxyl groups excluding tert-OH is 2. The molecule has 0 fully saturated rings. The zero-order valence-corrected chi connectivity index (χ0v) is 6.43. The molecule has 0 radical (unpaired) electrons. The van der Waals surface area contributed by atoms with Crippen molar-refractivity contribution in [2.45, 2.75) is 26.0 Å². The summed E-state index contributed by atoms with van der Waals surface area (Å²) < 4.78 is 0. The van der Waals surface area contributed by atoms with Crippen LogP contribution in [0.1, 0.15) is 19.8 Å². The van der Waals surface area contributed by atoms with E-state index in [2.05, 4.69) is 0 Å². The average molecular weight is 163 g/mol. The lowest BCUT2D eigenvalue weighted by Crippen LogP contribution is -2.31. The lowest BCUT2D eigenvalue weighted by Gasteiger charge is -2.12. The topological polar surface area (TPSA) is 83.6 Å². The van der Waals surface area contributed by atoms with E-state index in [1.807, 2.05) is 6.92 Å². The Balaban J connectivity index is 3.91. The number of hydrogen-bond donors (Lipinski definition) is 2. The summed E-state index contributed by atoms with van der Waals surface area (Å²) in [4.78, 5) is 9.24. The molecule has 5 nitrogen and oxygen atoms in total. The Morgan fingerprint density at radius 3 is 2.45 bits per heavy atom. The van der Waals surface area contributed by atoms with E-state index in [-0.39, 0.29) is 6.61 Å². The highest BCUT2D eigenvalue weighted by atomic mass is 16.7. The first-order chi connectivity index (χ1) is 5.13. The Morgan fingerprint density at radius 1 is 1.64 bits per heavy atom. The first kappa shape index (κ1) is 10.3. The molecule has 2 unspecified atom stereocenters. The second-order valence-electron chi connectivity index (χ2n) is 2.43. The van der Waals surface area contributed by atoms with Crippen LogP contribution in [0.3, 0.4) is 0 Å². The van der Waals surface area contributed by atoms with Crippen LogP contribution < -0.4 is 0 Å². The van der Waals surface area contributed by atoms with Crippen LogP contribution in [0.2, 0.25) is 0 Å². The van der Waals surface area contributed by atoms with E-state index in [0.29, 0.717) is 6.42 Å². The van der Waals surface area contributed by atoms with E-state index in [1.165, 1.54) is 0 Å². The van der Waals surface area contributed by atoms with Gasteiger partial charge in [0.05, 0.1) is 17.4 Å². The maximum Gasteiger partial charge on any atom is 0.318 e. The van der Waals surface area contributed by atoms with Crippen LogP contribution in [0.5, 0.6) is 0 Å². The molecule has 0 aliphatic heterocycles. The third kappa shape index (κ3) is 3.29. The fourth-order valence-electron chi connectivity index (χ4n) is 0.878. The van der Waals surface area contributed by atoms with Gasteiger partial charge in [0.25, 0.3) is 0 Å². The molecule has 0 heterocycles. The molecule has 2 N–H and O–H groups in total. The van der Waals surface area contributed by atoms with Gasteiger partial charge in [0, 0.05) is 0 Å². The molecule has 11 heavy (non-hydrogen) atoms. The number of nitro groups is 1. The number of aliphatic hydroxyl groups is 2. The molecule has 0 aliphatic rings. The van der Waals surface area contributed by atoms with Crippen LogP contribution in [0.25, 0.3) is 0 Å². The molecule has 0 aromatic heterocycles. The predicted octanol–water partition coefficient (Wildman–Crippen LogP) is -0.00990. The minimum absolute atomic E-state index is 0.337. The van der Waals surface area contributed by atoms with Crippen molar-refractivity contribution in [1.29, 1.82) is 0 Å². The molecule has 66 valence electrons. The Bertz CT molecular complexity index is 128. The molecule has 0 spiro atoms. The molecule has 2 atom stereocenters. The van der Waals surface area contributed by atoms with Crippen LogP contribution in [-0.2, 0) is 0 Å². The fourth-order valence-corrected chi connectivity index (χ4v) is 0.878. The molecular weight excluding hydrogens is 150 g/mol. The summed E-state index contributed by atoms with van der Waals surface area (Å²) in [6.07, 6.45) is -0.436. The lowest BCUT2D eigenvalue weighted by molar-refractivity contribution is -0.581. The fraction of sp³-hybridized carbons (Fsp3) is 1.00. The van der Waals surface area contributed by atoms with Crippen LogP contribution >= 0.6 is 0 Å². The lowest BCUT2D eigenvalue weighted by atomic mass is 10.0. The molecule has 0 saturated heterocycles. The van der Waals surface area contributed by atoms with E-state index in [1.54, 1.807) is 0 Å². The summed E-state index contributed by atoms with van der Waals surface area (Å²) in [5, 5.41) is 27.5. The molecular formula is C6H13NO4. The SMILES string of the molecule is CCCC(CO)C(O)[N+](=O)[O-]. The van der Waals surface area contributed by atoms with E-state index in [9.17, 15) is 10.1 Å². The van der Waals surface area contributed by atoms with Crippen LogP contribution in [0.4, 0.5) is 0 Å². The smallest absolute Gasteiger partial charge is 0.318 e. The summed E-state index contributed by atoms with van der Waals surface area (Å²) in [6, 6.07) is 0. The monoisotopic (exact) mass is 163 g/mol. The second kappa shape index (κ2) is 5.03. The van der Waals surface area contributed by atoms with Gasteiger partial charge in [-0.2, -0.15) is 0 Å². The van der Waals surface area contributed by atoms with Crippen molar-refractivity contribution >= 4 is 0 Å². The van der Waals surface area contributed by atoms with Gasteiger partial charge < -0.3 is 10.2 Å². The highest BCUT2D eigenvalue weighted by Crippen LogP contribution is 2.10. The van der Waals surface area contributed by atoms with E-state index in [0.717, 1.165) is 6.42 Å². The van der Waals surface area contributed by atoms with Gasteiger partial charge >= 0.3 is 6.23 Å². The normalized spacial score (nSPS) is 15.9. The molecule has 0 aliphatic carbocycles. The average Bonchev–Trinajstić information content (AvgIpc) is 1.98. The van der Waals surface area contributed by atoms with Gasteiger partial charge in [-0.05, 0) is 6.42 Å². The van der Waals surface area contributed by atoms with E-state index >= 15 is 0 Å². The van der Waals surface area contributed by atoms with Crippen molar-refractivity contribution in [3.05, 3.63) is 10.1 Å². The zero-order valence-electron chi connectivity index (χ0n) is 6.43. The molecule has 0 bridgehead atoms. The molecule has 5 heteroatoms. The molecule has 0 aromatic rings. The molecule has 0 aromatic carbocycles. The maximum atomic E-state index is 10.0. The number of hydrogen-bond acceptors (Lipinski definition) is 4. The van der Waals surface area contributed by atoms with Crippen molar-refractivity contribution < 1.29 is 15.1 Å². The van der Waals surface area contributed by atoms with Crippen molar-refractivity contribution in [2.75, 3.05) is 6.61 Å². The zero-order chi connectivity index (χ0) is 8.85. The highest BCUT2D eigenvalue weighted by molar-refractivity contribution is 4.58. The molecule has 0 rings (SSSR count). The molecule has 0 amide bonds. The standard InChI is InChI=1S/C6H13NO4/c1-2-3-5(4-8)6(9)7(10)11/h5-6,8-9H,2-4H2,1H3. The third-order valence-corrected chi connectivity index (χ3v) is 1.53. The van der Waals surface area contributed by atoms with Gasteiger partial charge in [-0.1, -0.05) is 13.3 Å². The summed E-state index contributed by atoms with van der Waals surface area (Å²) in [7, 11) is 0. The van der Waals surface area contributed by atoms with E-state index in [4.69, 9.17) is 10.2 Å². The summed E-state index contributed by atoms with van der Waals surface area (Å²) >= 11 is 0. The first-order valence-corrected chi connectivity index (χ1v) is 3.55. The summed E-state index contributed by atoms with van der Waals surface area (Å²) in [6.45, 7) is 1.51. The Labute approximate surface area is 64.8 Å². The van der Waals surface area contributed by atoms with Gasteiger partial charge in [0.2, 0.25) is 0 Å².